The molecule has 1 aromatic carbocycles. The molecule has 0 aromatic heterocycles. The number of carbonyl (C=O) groups is 2. The van der Waals surface area contributed by atoms with Crippen molar-refractivity contribution < 1.29 is 14.4 Å². The highest BCUT2D eigenvalue weighted by Gasteiger charge is 2.24. The fourth-order valence-electron chi connectivity index (χ4n) is 2.20. The van der Waals surface area contributed by atoms with Gasteiger partial charge in [0.25, 0.3) is 0 Å². The summed E-state index contributed by atoms with van der Waals surface area (Å²) in [5.41, 5.74) is 3.43. The summed E-state index contributed by atoms with van der Waals surface area (Å²) >= 11 is 0. The molecule has 1 aromatic rings. The molecule has 1 aliphatic rings. The lowest BCUT2D eigenvalue weighted by molar-refractivity contribution is 0.0314. The van der Waals surface area contributed by atoms with Gasteiger partial charge in [0.05, 0.1) is 6.61 Å². The Morgan fingerprint density at radius 1 is 1.09 bits per heavy atom. The van der Waals surface area contributed by atoms with Crippen LogP contribution in [0.1, 0.15) is 5.56 Å². The average molecular weight is 306 g/mol. The second kappa shape index (κ2) is 7.65. The zero-order valence-corrected chi connectivity index (χ0v) is 13.0. The zero-order valence-electron chi connectivity index (χ0n) is 13.0. The van der Waals surface area contributed by atoms with Gasteiger partial charge in [-0.2, -0.15) is 0 Å². The van der Waals surface area contributed by atoms with Gasteiger partial charge in [0.15, 0.2) is 0 Å². The largest absolute Gasteiger partial charge is 0.341 e. The minimum atomic E-state index is -0.270. The maximum absolute atomic E-state index is 12.0. The molecule has 4 amide bonds. The van der Waals surface area contributed by atoms with E-state index in [9.17, 15) is 9.59 Å². The minimum absolute atomic E-state index is 0.0274. The highest BCUT2D eigenvalue weighted by molar-refractivity contribution is 5.75. The van der Waals surface area contributed by atoms with Crippen molar-refractivity contribution in [3.8, 4) is 0 Å². The number of carbonyl (C=O) groups excluding carboxylic acids is 2. The van der Waals surface area contributed by atoms with Crippen LogP contribution >= 0.6 is 0 Å². The van der Waals surface area contributed by atoms with Gasteiger partial charge in [0, 0.05) is 40.3 Å². The van der Waals surface area contributed by atoms with Crippen LogP contribution in [0.2, 0.25) is 0 Å². The standard InChI is InChI=1S/C15H22N4O3/c1-17(2)15(21)19-10-8-18(9-11-19)14(20)16-22-12-13-6-4-3-5-7-13/h3-7H,8-12H2,1-2H3,(H,16,20). The Morgan fingerprint density at radius 2 is 1.68 bits per heavy atom. The summed E-state index contributed by atoms with van der Waals surface area (Å²) in [7, 11) is 3.44. The number of hydrogen-bond donors (Lipinski definition) is 1. The Balaban J connectivity index is 1.70. The van der Waals surface area contributed by atoms with Crippen molar-refractivity contribution in [1.82, 2.24) is 20.2 Å². The zero-order chi connectivity index (χ0) is 15.9. The summed E-state index contributed by atoms with van der Waals surface area (Å²) in [5.74, 6) is 0. The molecule has 0 radical (unpaired) electrons. The molecule has 0 spiro atoms. The molecule has 22 heavy (non-hydrogen) atoms. The summed E-state index contributed by atoms with van der Waals surface area (Å²) in [5, 5.41) is 0. The average Bonchev–Trinajstić information content (AvgIpc) is 2.55. The number of nitrogens with zero attached hydrogens (tertiary/aromatic N) is 3. The molecule has 0 saturated carbocycles. The number of urea groups is 2. The summed E-state index contributed by atoms with van der Waals surface area (Å²) in [4.78, 5) is 33.9. The third-order valence-electron chi connectivity index (χ3n) is 3.46. The molecule has 120 valence electrons. The van der Waals surface area contributed by atoms with Gasteiger partial charge in [0.1, 0.15) is 0 Å². The topological polar surface area (TPSA) is 65.1 Å². The molecule has 1 fully saturated rings. The third kappa shape index (κ3) is 4.36. The minimum Gasteiger partial charge on any atom is -0.331 e. The molecule has 7 heteroatoms. The van der Waals surface area contributed by atoms with E-state index in [1.807, 2.05) is 30.3 Å². The molecule has 1 aliphatic heterocycles. The monoisotopic (exact) mass is 306 g/mol. The molecule has 1 N–H and O–H groups in total. The Hall–Kier alpha value is -2.28. The first kappa shape index (κ1) is 16.1. The lowest BCUT2D eigenvalue weighted by Gasteiger charge is -2.35. The lowest BCUT2D eigenvalue weighted by Crippen LogP contribution is -2.54. The van der Waals surface area contributed by atoms with Crippen molar-refractivity contribution in [2.45, 2.75) is 6.61 Å². The van der Waals surface area contributed by atoms with Gasteiger partial charge in [-0.3, -0.25) is 4.84 Å². The molecule has 0 bridgehead atoms. The quantitative estimate of drug-likeness (QED) is 0.851. The molecule has 2 rings (SSSR count). The first-order chi connectivity index (χ1) is 10.6. The first-order valence-corrected chi connectivity index (χ1v) is 7.25. The smallest absolute Gasteiger partial charge is 0.331 e. The van der Waals surface area contributed by atoms with Gasteiger partial charge in [-0.25, -0.2) is 15.1 Å². The van der Waals surface area contributed by atoms with Crippen LogP contribution < -0.4 is 5.48 Å². The fraction of sp³-hybridized carbons (Fsp3) is 0.467. The molecule has 7 nitrogen and oxygen atoms in total. The number of hydrogen-bond acceptors (Lipinski definition) is 3. The van der Waals surface area contributed by atoms with E-state index in [4.69, 9.17) is 4.84 Å². The molecule has 0 aliphatic carbocycles. The highest BCUT2D eigenvalue weighted by Crippen LogP contribution is 2.05. The summed E-state index contributed by atoms with van der Waals surface area (Å²) < 4.78 is 0. The Morgan fingerprint density at radius 3 is 2.27 bits per heavy atom. The van der Waals surface area contributed by atoms with Gasteiger partial charge >= 0.3 is 12.1 Å². The number of rotatable bonds is 3. The second-order valence-corrected chi connectivity index (χ2v) is 5.33. The van der Waals surface area contributed by atoms with Crippen LogP contribution in [0.4, 0.5) is 9.59 Å². The molecular weight excluding hydrogens is 284 g/mol. The van der Waals surface area contributed by atoms with E-state index in [1.54, 1.807) is 28.8 Å². The number of amides is 4. The maximum atomic E-state index is 12.0. The van der Waals surface area contributed by atoms with E-state index < -0.39 is 0 Å². The molecular formula is C15H22N4O3. The first-order valence-electron chi connectivity index (χ1n) is 7.25. The van der Waals surface area contributed by atoms with Crippen molar-refractivity contribution in [3.05, 3.63) is 35.9 Å². The Kier molecular flexibility index (Phi) is 5.60. The van der Waals surface area contributed by atoms with Crippen LogP contribution in [0, 0.1) is 0 Å². The van der Waals surface area contributed by atoms with E-state index >= 15 is 0 Å². The van der Waals surface area contributed by atoms with Crippen LogP contribution in [0.25, 0.3) is 0 Å². The van der Waals surface area contributed by atoms with Crippen LogP contribution in [0.5, 0.6) is 0 Å². The number of nitrogens with one attached hydrogen (secondary N) is 1. The lowest BCUT2D eigenvalue weighted by atomic mass is 10.2. The van der Waals surface area contributed by atoms with Crippen molar-refractivity contribution in [2.24, 2.45) is 0 Å². The summed E-state index contributed by atoms with van der Waals surface area (Å²) in [6.07, 6.45) is 0. The maximum Gasteiger partial charge on any atom is 0.341 e. The van der Waals surface area contributed by atoms with Crippen LogP contribution in [0.15, 0.2) is 30.3 Å². The molecule has 0 unspecified atom stereocenters. The van der Waals surface area contributed by atoms with E-state index in [0.717, 1.165) is 5.56 Å². The van der Waals surface area contributed by atoms with Crippen molar-refractivity contribution in [3.63, 3.8) is 0 Å². The second-order valence-electron chi connectivity index (χ2n) is 5.33. The van der Waals surface area contributed by atoms with Gasteiger partial charge in [0.2, 0.25) is 0 Å². The van der Waals surface area contributed by atoms with Crippen molar-refractivity contribution >= 4 is 12.1 Å². The van der Waals surface area contributed by atoms with Crippen LogP contribution in [-0.2, 0) is 11.4 Å². The molecule has 1 heterocycles. The normalized spacial score (nSPS) is 14.6. The molecule has 1 saturated heterocycles. The van der Waals surface area contributed by atoms with Crippen molar-refractivity contribution in [1.29, 1.82) is 0 Å². The van der Waals surface area contributed by atoms with Gasteiger partial charge in [-0.1, -0.05) is 30.3 Å². The van der Waals surface area contributed by atoms with E-state index in [-0.39, 0.29) is 12.1 Å². The Labute approximate surface area is 130 Å². The van der Waals surface area contributed by atoms with E-state index in [0.29, 0.717) is 32.8 Å². The third-order valence-corrected chi connectivity index (χ3v) is 3.46. The van der Waals surface area contributed by atoms with Crippen LogP contribution in [-0.4, -0.2) is 67.0 Å². The van der Waals surface area contributed by atoms with E-state index in [2.05, 4.69) is 5.48 Å². The highest BCUT2D eigenvalue weighted by atomic mass is 16.7. The SMILES string of the molecule is CN(C)C(=O)N1CCN(C(=O)NOCc2ccccc2)CC1. The van der Waals surface area contributed by atoms with Crippen molar-refractivity contribution in [2.75, 3.05) is 40.3 Å². The molecule has 0 atom stereocenters. The Bertz CT molecular complexity index is 499. The van der Waals surface area contributed by atoms with Crippen LogP contribution in [0.3, 0.4) is 0 Å². The van der Waals surface area contributed by atoms with Gasteiger partial charge < -0.3 is 14.7 Å². The fourth-order valence-corrected chi connectivity index (χ4v) is 2.20. The summed E-state index contributed by atoms with van der Waals surface area (Å²) in [6, 6.07) is 9.32. The summed E-state index contributed by atoms with van der Waals surface area (Å²) in [6.45, 7) is 2.39. The number of piperazine rings is 1. The predicted molar refractivity (Wildman–Crippen MR) is 82.0 cm³/mol. The number of benzene rings is 1. The number of hydroxylamine groups is 1. The van der Waals surface area contributed by atoms with Gasteiger partial charge in [-0.05, 0) is 5.56 Å². The van der Waals surface area contributed by atoms with Gasteiger partial charge in [-0.15, -0.1) is 0 Å². The predicted octanol–water partition coefficient (Wildman–Crippen LogP) is 1.13. The van der Waals surface area contributed by atoms with E-state index in [1.165, 1.54) is 0 Å².